The van der Waals surface area contributed by atoms with Gasteiger partial charge in [-0.3, -0.25) is 4.79 Å². The smallest absolute Gasteiger partial charge is 0.228 e. The predicted octanol–water partition coefficient (Wildman–Crippen LogP) is 4.39. The Hall–Kier alpha value is -1.13. The zero-order valence-corrected chi connectivity index (χ0v) is 12.7. The lowest BCUT2D eigenvalue weighted by molar-refractivity contribution is -0.115. The molecule has 0 aliphatic carbocycles. The molecule has 2 aromatic carbocycles. The molecule has 0 aromatic heterocycles. The molecule has 0 fully saturated rings. The first-order chi connectivity index (χ1) is 8.66. The summed E-state index contributed by atoms with van der Waals surface area (Å²) in [5.74, 6) is -0.0335. The van der Waals surface area contributed by atoms with Crippen LogP contribution in [0.2, 0.25) is 0 Å². The third-order valence-electron chi connectivity index (χ3n) is 2.46. The van der Waals surface area contributed by atoms with E-state index < -0.39 is 0 Å². The highest BCUT2D eigenvalue weighted by Gasteiger charge is 2.08. The fourth-order valence-corrected chi connectivity index (χ4v) is 2.38. The van der Waals surface area contributed by atoms with Crippen molar-refractivity contribution >= 4 is 43.5 Å². The van der Waals surface area contributed by atoms with Crippen molar-refractivity contribution < 1.29 is 4.79 Å². The molecule has 0 unspecified atom stereocenters. The molecule has 0 spiro atoms. The zero-order valence-electron chi connectivity index (χ0n) is 9.49. The first kappa shape index (κ1) is 13.3. The van der Waals surface area contributed by atoms with Gasteiger partial charge in [0.1, 0.15) is 0 Å². The number of hydrogen-bond donors (Lipinski definition) is 1. The van der Waals surface area contributed by atoms with Gasteiger partial charge in [0.05, 0.1) is 12.1 Å². The van der Waals surface area contributed by atoms with E-state index in [-0.39, 0.29) is 5.91 Å². The van der Waals surface area contributed by atoms with Crippen LogP contribution >= 0.6 is 31.9 Å². The highest BCUT2D eigenvalue weighted by molar-refractivity contribution is 9.10. The number of hydrogen-bond acceptors (Lipinski definition) is 1. The van der Waals surface area contributed by atoms with E-state index in [9.17, 15) is 4.79 Å². The fourth-order valence-electron chi connectivity index (χ4n) is 1.57. The van der Waals surface area contributed by atoms with Crippen LogP contribution in [0.5, 0.6) is 0 Å². The summed E-state index contributed by atoms with van der Waals surface area (Å²) < 4.78 is 1.83. The predicted molar refractivity (Wildman–Crippen MR) is 80.6 cm³/mol. The molecule has 92 valence electrons. The van der Waals surface area contributed by atoms with Gasteiger partial charge in [0.25, 0.3) is 0 Å². The Balaban J connectivity index is 2.06. The minimum absolute atomic E-state index is 0.0335. The summed E-state index contributed by atoms with van der Waals surface area (Å²) in [6, 6.07) is 15.3. The van der Waals surface area contributed by atoms with E-state index in [2.05, 4.69) is 37.2 Å². The van der Waals surface area contributed by atoms with E-state index in [1.54, 1.807) is 0 Å². The highest BCUT2D eigenvalue weighted by atomic mass is 79.9. The van der Waals surface area contributed by atoms with Gasteiger partial charge >= 0.3 is 0 Å². The van der Waals surface area contributed by atoms with E-state index >= 15 is 0 Å². The van der Waals surface area contributed by atoms with Crippen LogP contribution < -0.4 is 5.32 Å². The summed E-state index contributed by atoms with van der Waals surface area (Å²) in [5.41, 5.74) is 1.76. The molecule has 0 atom stereocenters. The van der Waals surface area contributed by atoms with Crippen LogP contribution in [0.1, 0.15) is 5.56 Å². The van der Waals surface area contributed by atoms with Crippen LogP contribution in [0.3, 0.4) is 0 Å². The van der Waals surface area contributed by atoms with Crippen molar-refractivity contribution in [2.24, 2.45) is 0 Å². The van der Waals surface area contributed by atoms with Gasteiger partial charge in [-0.25, -0.2) is 0 Å². The summed E-state index contributed by atoms with van der Waals surface area (Å²) in [6.45, 7) is 0. The summed E-state index contributed by atoms with van der Waals surface area (Å²) in [7, 11) is 0. The van der Waals surface area contributed by atoms with Crippen molar-refractivity contribution in [3.05, 3.63) is 63.0 Å². The lowest BCUT2D eigenvalue weighted by Crippen LogP contribution is -2.14. The van der Waals surface area contributed by atoms with E-state index in [0.717, 1.165) is 20.2 Å². The minimum atomic E-state index is -0.0335. The third-order valence-corrected chi connectivity index (χ3v) is 3.92. The first-order valence-corrected chi connectivity index (χ1v) is 7.03. The summed E-state index contributed by atoms with van der Waals surface area (Å²) in [6.07, 6.45) is 0.350. The van der Waals surface area contributed by atoms with Gasteiger partial charge < -0.3 is 5.32 Å². The number of rotatable bonds is 3. The first-order valence-electron chi connectivity index (χ1n) is 5.44. The van der Waals surface area contributed by atoms with Crippen LogP contribution in [-0.2, 0) is 11.2 Å². The van der Waals surface area contributed by atoms with Crippen molar-refractivity contribution in [1.29, 1.82) is 0 Å². The van der Waals surface area contributed by atoms with Gasteiger partial charge in [-0.1, -0.05) is 46.3 Å². The van der Waals surface area contributed by atoms with E-state index in [1.165, 1.54) is 0 Å². The largest absolute Gasteiger partial charge is 0.325 e. The molecule has 2 rings (SSSR count). The van der Waals surface area contributed by atoms with Gasteiger partial charge in [-0.2, -0.15) is 0 Å². The number of anilines is 1. The summed E-state index contributed by atoms with van der Waals surface area (Å²) >= 11 is 6.84. The third kappa shape index (κ3) is 3.43. The second-order valence-corrected chi connectivity index (χ2v) is 5.50. The van der Waals surface area contributed by atoms with Crippen LogP contribution in [0, 0.1) is 0 Å². The molecule has 0 heterocycles. The maximum atomic E-state index is 11.9. The van der Waals surface area contributed by atoms with Crippen molar-refractivity contribution in [2.75, 3.05) is 5.32 Å². The van der Waals surface area contributed by atoms with Crippen LogP contribution in [0.15, 0.2) is 57.5 Å². The number of carbonyl (C=O) groups excluding carboxylic acids is 1. The molecule has 2 nitrogen and oxygen atoms in total. The molecule has 0 aliphatic rings. The SMILES string of the molecule is O=C(Cc1ccccc1Br)Nc1ccccc1Br. The van der Waals surface area contributed by atoms with E-state index in [1.807, 2.05) is 48.5 Å². The lowest BCUT2D eigenvalue weighted by atomic mass is 10.1. The van der Waals surface area contributed by atoms with Crippen LogP contribution in [-0.4, -0.2) is 5.91 Å². The van der Waals surface area contributed by atoms with Gasteiger partial charge in [-0.15, -0.1) is 0 Å². The molecule has 0 saturated heterocycles. The maximum absolute atomic E-state index is 11.9. The number of carbonyl (C=O) groups is 1. The van der Waals surface area contributed by atoms with Crippen molar-refractivity contribution in [3.63, 3.8) is 0 Å². The average molecular weight is 369 g/mol. The number of halogens is 2. The normalized spacial score (nSPS) is 10.1. The molecular weight excluding hydrogens is 358 g/mol. The minimum Gasteiger partial charge on any atom is -0.325 e. The molecule has 0 aliphatic heterocycles. The molecule has 1 N–H and O–H groups in total. The highest BCUT2D eigenvalue weighted by Crippen LogP contribution is 2.22. The molecule has 4 heteroatoms. The molecule has 0 bridgehead atoms. The number of benzene rings is 2. The van der Waals surface area contributed by atoms with Crippen molar-refractivity contribution in [3.8, 4) is 0 Å². The number of para-hydroxylation sites is 1. The Morgan fingerprint density at radius 3 is 2.22 bits per heavy atom. The van der Waals surface area contributed by atoms with Crippen LogP contribution in [0.4, 0.5) is 5.69 Å². The lowest BCUT2D eigenvalue weighted by Gasteiger charge is -2.08. The number of amides is 1. The van der Waals surface area contributed by atoms with Crippen molar-refractivity contribution in [2.45, 2.75) is 6.42 Å². The molecule has 1 amide bonds. The molecule has 0 saturated carbocycles. The Labute approximate surface area is 123 Å². The second kappa shape index (κ2) is 6.16. The summed E-state index contributed by atoms with van der Waals surface area (Å²) in [5, 5.41) is 2.88. The van der Waals surface area contributed by atoms with E-state index in [0.29, 0.717) is 6.42 Å². The summed E-state index contributed by atoms with van der Waals surface area (Å²) in [4.78, 5) is 11.9. The Morgan fingerprint density at radius 2 is 1.56 bits per heavy atom. The molecule has 2 aromatic rings. The zero-order chi connectivity index (χ0) is 13.0. The van der Waals surface area contributed by atoms with Gasteiger partial charge in [0.2, 0.25) is 5.91 Å². The van der Waals surface area contributed by atoms with Gasteiger partial charge in [0, 0.05) is 8.95 Å². The van der Waals surface area contributed by atoms with Gasteiger partial charge in [0.15, 0.2) is 0 Å². The average Bonchev–Trinajstić information content (AvgIpc) is 2.35. The topological polar surface area (TPSA) is 29.1 Å². The van der Waals surface area contributed by atoms with Crippen LogP contribution in [0.25, 0.3) is 0 Å². The Bertz CT molecular complexity index is 520. The standard InChI is InChI=1S/C14H11Br2NO/c15-11-6-2-1-5-10(11)9-14(18)17-13-8-4-3-7-12(13)16/h1-8H,9H2,(H,17,18). The molecular formula is C14H11Br2NO. The Morgan fingerprint density at radius 1 is 0.944 bits per heavy atom. The van der Waals surface area contributed by atoms with E-state index in [4.69, 9.17) is 0 Å². The number of nitrogens with one attached hydrogen (secondary N) is 1. The quantitative estimate of drug-likeness (QED) is 0.854. The maximum Gasteiger partial charge on any atom is 0.228 e. The Kier molecular flexibility index (Phi) is 4.55. The van der Waals surface area contributed by atoms with Crippen molar-refractivity contribution in [1.82, 2.24) is 0 Å². The fraction of sp³-hybridized carbons (Fsp3) is 0.0714. The monoisotopic (exact) mass is 367 g/mol. The molecule has 18 heavy (non-hydrogen) atoms. The second-order valence-electron chi connectivity index (χ2n) is 3.80. The molecule has 0 radical (unpaired) electrons. The van der Waals surface area contributed by atoms with Gasteiger partial charge in [-0.05, 0) is 39.7 Å².